The third kappa shape index (κ3) is 7.19. The average Bonchev–Trinajstić information content (AvgIpc) is 2.63. The number of hydrogen-bond donors (Lipinski definition) is 1. The number of amides is 2. The Morgan fingerprint density at radius 1 is 1.07 bits per heavy atom. The summed E-state index contributed by atoms with van der Waals surface area (Å²) in [6, 6.07) is 3.61. The Hall–Kier alpha value is -1.79. The van der Waals surface area contributed by atoms with Crippen molar-refractivity contribution < 1.29 is 19.1 Å². The lowest BCUT2D eigenvalue weighted by Gasteiger charge is -2.25. The van der Waals surface area contributed by atoms with Crippen molar-refractivity contribution in [2.24, 2.45) is 5.92 Å². The summed E-state index contributed by atoms with van der Waals surface area (Å²) in [5, 5.41) is 3.25. The molecule has 160 valence electrons. The fourth-order valence-corrected chi connectivity index (χ4v) is 3.70. The van der Waals surface area contributed by atoms with Crippen LogP contribution < -0.4 is 5.32 Å². The molecule has 6 nitrogen and oxygen atoms in total. The highest BCUT2D eigenvalue weighted by molar-refractivity contribution is 6.36. The zero-order valence-corrected chi connectivity index (χ0v) is 18.4. The number of esters is 1. The van der Waals surface area contributed by atoms with Crippen molar-refractivity contribution in [3.8, 4) is 0 Å². The predicted octanol–water partition coefficient (Wildman–Crippen LogP) is 4.08. The first-order valence-corrected chi connectivity index (χ1v) is 10.8. The number of nitrogens with zero attached hydrogens (tertiary/aromatic N) is 1. The largest absolute Gasteiger partial charge is 0.454 e. The second-order valence-electron chi connectivity index (χ2n) is 7.58. The molecule has 0 radical (unpaired) electrons. The minimum atomic E-state index is -0.894. The number of hydrogen-bond acceptors (Lipinski definition) is 4. The number of carbonyl (C=O) groups is 3. The van der Waals surface area contributed by atoms with Crippen LogP contribution in [0.1, 0.15) is 56.3 Å². The Morgan fingerprint density at radius 3 is 2.28 bits per heavy atom. The molecule has 2 rings (SSSR count). The fraction of sp³-hybridized carbons (Fsp3) is 0.571. The highest BCUT2D eigenvalue weighted by Crippen LogP contribution is 2.21. The van der Waals surface area contributed by atoms with Gasteiger partial charge in [0.05, 0.1) is 10.6 Å². The second-order valence-corrected chi connectivity index (χ2v) is 8.42. The van der Waals surface area contributed by atoms with Gasteiger partial charge < -0.3 is 15.0 Å². The topological polar surface area (TPSA) is 75.7 Å². The molecule has 0 saturated carbocycles. The molecule has 1 aromatic rings. The quantitative estimate of drug-likeness (QED) is 0.673. The van der Waals surface area contributed by atoms with Crippen LogP contribution >= 0.6 is 23.2 Å². The molecule has 8 heteroatoms. The molecule has 2 amide bonds. The summed E-state index contributed by atoms with van der Waals surface area (Å²) in [6.07, 6.45) is 5.35. The van der Waals surface area contributed by atoms with Crippen molar-refractivity contribution in [1.82, 2.24) is 10.2 Å². The number of carbonyl (C=O) groups excluding carboxylic acids is 3. The maximum Gasteiger partial charge on any atom is 0.329 e. The van der Waals surface area contributed by atoms with E-state index in [0.29, 0.717) is 18.1 Å². The number of ether oxygens (including phenoxy) is 1. The number of benzene rings is 1. The molecule has 1 saturated heterocycles. The normalized spacial score (nSPS) is 16.0. The Labute approximate surface area is 181 Å². The summed E-state index contributed by atoms with van der Waals surface area (Å²) in [4.78, 5) is 39.2. The number of halogens is 2. The SMILES string of the molecule is CC(C)[C@H](NC(=O)c1ccc(Cl)cc1Cl)C(=O)OCC(=O)N1CCCCCCC1. The number of likely N-dealkylation sites (tertiary alicyclic amines) is 1. The molecule has 1 aromatic carbocycles. The van der Waals surface area contributed by atoms with Crippen LogP contribution in [0.15, 0.2) is 18.2 Å². The van der Waals surface area contributed by atoms with E-state index in [-0.39, 0.29) is 29.0 Å². The molecular formula is C21H28Cl2N2O4. The average molecular weight is 443 g/mol. The van der Waals surface area contributed by atoms with E-state index in [1.54, 1.807) is 24.8 Å². The summed E-state index contributed by atoms with van der Waals surface area (Å²) in [5.41, 5.74) is 0.214. The second kappa shape index (κ2) is 11.4. The zero-order chi connectivity index (χ0) is 21.4. The molecule has 1 N–H and O–H groups in total. The molecule has 0 aliphatic carbocycles. The van der Waals surface area contributed by atoms with Gasteiger partial charge in [-0.25, -0.2) is 4.79 Å². The minimum absolute atomic E-state index is 0.193. The molecule has 29 heavy (non-hydrogen) atoms. The number of rotatable bonds is 6. The van der Waals surface area contributed by atoms with Crippen LogP contribution in [-0.2, 0) is 14.3 Å². The first-order chi connectivity index (χ1) is 13.8. The van der Waals surface area contributed by atoms with Crippen LogP contribution in [0.2, 0.25) is 10.0 Å². The van der Waals surface area contributed by atoms with Gasteiger partial charge in [0, 0.05) is 18.1 Å². The van der Waals surface area contributed by atoms with Crippen LogP contribution in [0.25, 0.3) is 0 Å². The van der Waals surface area contributed by atoms with E-state index in [4.69, 9.17) is 27.9 Å². The van der Waals surface area contributed by atoms with Gasteiger partial charge in [0.15, 0.2) is 6.61 Å². The summed E-state index contributed by atoms with van der Waals surface area (Å²) >= 11 is 11.9. The zero-order valence-electron chi connectivity index (χ0n) is 16.9. The van der Waals surface area contributed by atoms with Crippen LogP contribution in [0.5, 0.6) is 0 Å². The van der Waals surface area contributed by atoms with Crippen molar-refractivity contribution in [3.05, 3.63) is 33.8 Å². The van der Waals surface area contributed by atoms with E-state index < -0.39 is 17.9 Å². The van der Waals surface area contributed by atoms with Gasteiger partial charge in [0.25, 0.3) is 11.8 Å². The van der Waals surface area contributed by atoms with Gasteiger partial charge >= 0.3 is 5.97 Å². The molecule has 1 aliphatic rings. The van der Waals surface area contributed by atoms with E-state index in [1.807, 2.05) is 0 Å². The molecule has 0 spiro atoms. The van der Waals surface area contributed by atoms with Gasteiger partial charge in [-0.05, 0) is 37.0 Å². The molecule has 1 heterocycles. The van der Waals surface area contributed by atoms with Crippen LogP contribution in [-0.4, -0.2) is 48.4 Å². The highest BCUT2D eigenvalue weighted by atomic mass is 35.5. The Bertz CT molecular complexity index is 731. The monoisotopic (exact) mass is 442 g/mol. The lowest BCUT2D eigenvalue weighted by molar-refractivity contribution is -0.154. The van der Waals surface area contributed by atoms with Crippen LogP contribution in [0.4, 0.5) is 0 Å². The van der Waals surface area contributed by atoms with Crippen LogP contribution in [0, 0.1) is 5.92 Å². The van der Waals surface area contributed by atoms with Crippen molar-refractivity contribution in [2.45, 2.75) is 52.0 Å². The molecule has 0 unspecified atom stereocenters. The van der Waals surface area contributed by atoms with E-state index in [9.17, 15) is 14.4 Å². The summed E-state index contributed by atoms with van der Waals surface area (Å²) < 4.78 is 5.24. The number of nitrogens with one attached hydrogen (secondary N) is 1. The Balaban J connectivity index is 1.94. The van der Waals surface area contributed by atoms with Gasteiger partial charge in [0.1, 0.15) is 6.04 Å². The van der Waals surface area contributed by atoms with E-state index >= 15 is 0 Å². The summed E-state index contributed by atoms with van der Waals surface area (Å²) in [5.74, 6) is -1.57. The van der Waals surface area contributed by atoms with Crippen molar-refractivity contribution >= 4 is 41.0 Å². The van der Waals surface area contributed by atoms with Gasteiger partial charge in [-0.3, -0.25) is 9.59 Å². The van der Waals surface area contributed by atoms with Gasteiger partial charge in [-0.2, -0.15) is 0 Å². The summed E-state index contributed by atoms with van der Waals surface area (Å²) in [6.45, 7) is 4.64. The van der Waals surface area contributed by atoms with E-state index in [0.717, 1.165) is 25.7 Å². The maximum atomic E-state index is 12.5. The third-order valence-electron chi connectivity index (χ3n) is 4.93. The summed E-state index contributed by atoms with van der Waals surface area (Å²) in [7, 11) is 0. The first kappa shape index (κ1) is 23.5. The van der Waals surface area contributed by atoms with Crippen molar-refractivity contribution in [3.63, 3.8) is 0 Å². The lowest BCUT2D eigenvalue weighted by atomic mass is 10.0. The third-order valence-corrected chi connectivity index (χ3v) is 5.48. The van der Waals surface area contributed by atoms with E-state index in [1.165, 1.54) is 18.6 Å². The Morgan fingerprint density at radius 2 is 1.69 bits per heavy atom. The van der Waals surface area contributed by atoms with Gasteiger partial charge in [-0.15, -0.1) is 0 Å². The molecular weight excluding hydrogens is 415 g/mol. The molecule has 0 bridgehead atoms. The lowest BCUT2D eigenvalue weighted by Crippen LogP contribution is -2.46. The minimum Gasteiger partial charge on any atom is -0.454 e. The van der Waals surface area contributed by atoms with Crippen LogP contribution in [0.3, 0.4) is 0 Å². The van der Waals surface area contributed by atoms with Crippen molar-refractivity contribution in [1.29, 1.82) is 0 Å². The fourth-order valence-electron chi connectivity index (χ4n) is 3.20. The Kier molecular flexibility index (Phi) is 9.24. The smallest absolute Gasteiger partial charge is 0.329 e. The predicted molar refractivity (Wildman–Crippen MR) is 113 cm³/mol. The first-order valence-electron chi connectivity index (χ1n) is 10.00. The van der Waals surface area contributed by atoms with Crippen molar-refractivity contribution in [2.75, 3.05) is 19.7 Å². The standard InChI is InChI=1S/C21H28Cl2N2O4/c1-14(2)19(24-20(27)16-9-8-15(22)12-17(16)23)21(28)29-13-18(26)25-10-6-4-3-5-7-11-25/h8-9,12,14,19H,3-7,10-11,13H2,1-2H3,(H,24,27)/t19-/m0/s1. The molecule has 1 atom stereocenters. The van der Waals surface area contributed by atoms with Gasteiger partial charge in [0.2, 0.25) is 0 Å². The molecule has 1 aliphatic heterocycles. The molecule has 1 fully saturated rings. The van der Waals surface area contributed by atoms with E-state index in [2.05, 4.69) is 5.32 Å². The van der Waals surface area contributed by atoms with Gasteiger partial charge in [-0.1, -0.05) is 56.3 Å². The maximum absolute atomic E-state index is 12.5. The molecule has 0 aromatic heterocycles. The highest BCUT2D eigenvalue weighted by Gasteiger charge is 2.28.